The van der Waals surface area contributed by atoms with Gasteiger partial charge in [-0.15, -0.1) is 0 Å². The van der Waals surface area contributed by atoms with E-state index in [1.165, 1.54) is 52.2 Å². The topological polar surface area (TPSA) is 135 Å². The monoisotopic (exact) mass is 879 g/mol. The summed E-state index contributed by atoms with van der Waals surface area (Å²) in [6.45, 7) is 11.8. The number of nitrogens with zero attached hydrogens (tertiary/aromatic N) is 2. The number of fused-ring (bicyclic) bond motifs is 2. The second kappa shape index (κ2) is 22.3. The van der Waals surface area contributed by atoms with Crippen LogP contribution in [0.4, 0.5) is 33.7 Å². The lowest BCUT2D eigenvalue weighted by atomic mass is 9.93. The van der Waals surface area contributed by atoms with Crippen molar-refractivity contribution in [1.29, 1.82) is 0 Å². The van der Waals surface area contributed by atoms with Gasteiger partial charge < -0.3 is 46.4 Å². The smallest absolute Gasteiger partial charge is 0.407 e. The van der Waals surface area contributed by atoms with Gasteiger partial charge in [-0.05, 0) is 129 Å². The van der Waals surface area contributed by atoms with Crippen molar-refractivity contribution in [3.05, 3.63) is 129 Å². The second-order valence-electron chi connectivity index (χ2n) is 17.9. The van der Waals surface area contributed by atoms with Gasteiger partial charge in [-0.25, -0.2) is 22.4 Å². The first-order valence-corrected chi connectivity index (χ1v) is 22.0. The first-order valence-electron chi connectivity index (χ1n) is 22.0. The molecular weight excluding hydrogens is 813 g/mol. The third-order valence-corrected chi connectivity index (χ3v) is 11.7. The molecule has 2 unspecified atom stereocenters. The van der Waals surface area contributed by atoms with Crippen LogP contribution in [0.25, 0.3) is 0 Å². The number of aryl methyl sites for hydroxylation is 2. The summed E-state index contributed by atoms with van der Waals surface area (Å²) >= 11 is 0. The van der Waals surface area contributed by atoms with E-state index in [1.807, 2.05) is 0 Å². The molecule has 2 heterocycles. The van der Waals surface area contributed by atoms with Crippen molar-refractivity contribution in [3.63, 3.8) is 0 Å². The third-order valence-electron chi connectivity index (χ3n) is 11.7. The number of hydrogen-bond acceptors (Lipinski definition) is 9. The van der Waals surface area contributed by atoms with Crippen LogP contribution < -0.4 is 31.5 Å². The Hall–Kier alpha value is -4.73. The Bertz CT molecular complexity index is 2100. The Balaban J connectivity index is 0.000000243. The van der Waals surface area contributed by atoms with Crippen LogP contribution in [0.3, 0.4) is 0 Å². The summed E-state index contributed by atoms with van der Waals surface area (Å²) in [7, 11) is 4.15. The predicted molar refractivity (Wildman–Crippen MR) is 242 cm³/mol. The first kappa shape index (κ1) is 49.3. The van der Waals surface area contributed by atoms with Gasteiger partial charge in [0.25, 0.3) is 0 Å². The molecule has 2 aliphatic rings. The number of halogens is 4. The van der Waals surface area contributed by atoms with Gasteiger partial charge in [0.05, 0.1) is 18.2 Å². The molecule has 344 valence electrons. The molecule has 0 saturated heterocycles. The maximum absolute atomic E-state index is 13.8. The molecule has 4 aromatic carbocycles. The van der Waals surface area contributed by atoms with Gasteiger partial charge in [0, 0.05) is 81.9 Å². The van der Waals surface area contributed by atoms with E-state index in [9.17, 15) is 32.6 Å². The highest BCUT2D eigenvalue weighted by Gasteiger charge is 2.29. The van der Waals surface area contributed by atoms with E-state index in [4.69, 9.17) is 10.5 Å². The number of amides is 1. The van der Waals surface area contributed by atoms with Gasteiger partial charge in [0.15, 0.2) is 0 Å². The molecule has 0 saturated carbocycles. The number of benzene rings is 4. The number of anilines is 2. The highest BCUT2D eigenvalue weighted by molar-refractivity contribution is 5.68. The summed E-state index contributed by atoms with van der Waals surface area (Å²) in [6, 6.07) is 18.3. The average molecular weight is 879 g/mol. The highest BCUT2D eigenvalue weighted by atomic mass is 19.1. The molecule has 0 bridgehead atoms. The number of hydrogen-bond donors (Lipinski definition) is 6. The highest BCUT2D eigenvalue weighted by Crippen LogP contribution is 2.35. The average Bonchev–Trinajstić information content (AvgIpc) is 3.21. The minimum absolute atomic E-state index is 0.0381. The molecule has 0 radical (unpaired) electrons. The normalized spacial score (nSPS) is 18.0. The largest absolute Gasteiger partial charge is 0.444 e. The predicted octanol–water partition coefficient (Wildman–Crippen LogP) is 7.42. The van der Waals surface area contributed by atoms with Crippen molar-refractivity contribution in [2.24, 2.45) is 5.73 Å². The molecule has 1 amide bonds. The zero-order valence-corrected chi connectivity index (χ0v) is 37.7. The summed E-state index contributed by atoms with van der Waals surface area (Å²) in [4.78, 5) is 16.9. The number of carbonyl (C=O) groups is 1. The zero-order valence-electron chi connectivity index (χ0n) is 37.7. The van der Waals surface area contributed by atoms with Gasteiger partial charge in [0.2, 0.25) is 0 Å². The van der Waals surface area contributed by atoms with E-state index in [0.717, 1.165) is 56.6 Å². The lowest BCUT2D eigenvalue weighted by Crippen LogP contribution is -2.50. The Morgan fingerprint density at radius 3 is 1.56 bits per heavy atom. The summed E-state index contributed by atoms with van der Waals surface area (Å²) < 4.78 is 59.6. The van der Waals surface area contributed by atoms with Gasteiger partial charge in [-0.3, -0.25) is 0 Å². The molecule has 6 atom stereocenters. The Morgan fingerprint density at radius 2 is 1.13 bits per heavy atom. The van der Waals surface area contributed by atoms with Gasteiger partial charge in [-0.1, -0.05) is 38.1 Å². The molecule has 14 heteroatoms. The molecule has 0 fully saturated rings. The molecule has 6 rings (SSSR count). The van der Waals surface area contributed by atoms with E-state index >= 15 is 0 Å². The maximum atomic E-state index is 13.8. The molecule has 7 N–H and O–H groups in total. The van der Waals surface area contributed by atoms with E-state index in [2.05, 4.69) is 90.1 Å². The number of carbonyl (C=O) groups excluding carboxylic acids is 1. The first-order chi connectivity index (χ1) is 29.8. The summed E-state index contributed by atoms with van der Waals surface area (Å²) in [6.07, 6.45) is 1.42. The molecule has 0 spiro atoms. The number of aliphatic hydroxyl groups is 2. The number of alkyl carbamates (subject to hydrolysis) is 1. The van der Waals surface area contributed by atoms with Crippen LogP contribution in [0.5, 0.6) is 0 Å². The molecule has 0 aliphatic carbocycles. The number of rotatable bonds is 15. The van der Waals surface area contributed by atoms with Crippen LogP contribution in [-0.2, 0) is 30.4 Å². The van der Waals surface area contributed by atoms with Crippen LogP contribution in [0.15, 0.2) is 72.8 Å². The molecular formula is C49H66F4N6O4. The van der Waals surface area contributed by atoms with Crippen molar-refractivity contribution < 1.29 is 37.3 Å². The zero-order chi connectivity index (χ0) is 46.0. The summed E-state index contributed by atoms with van der Waals surface area (Å²) in [5.41, 5.74) is 13.4. The second-order valence-corrected chi connectivity index (χ2v) is 17.9. The standard InChI is InChI=1S/C27H37F2N3O3.C22H29F2N3O/c1-6-17-7-8-24-21(13-17)22(9-10-32(24)5)30-16-25(33)23(31-26(34)35-27(2,3)4)14-18-11-19(28)15-20(29)12-18;1-3-14-4-5-21-18(10-14)20(6-7-27(21)2)26-13-22(28)19(25)11-15-8-16(23)12-17(24)9-15/h7-8,11-13,15,22-23,25,30,33H,6,9-10,14,16H2,1-5H3,(H,31,34);4-5,8-10,12,19-20,22,26,28H,3,6-7,11,13,25H2,1-2H3/t22?,23-,25+;19-,20?,22+/m00/s1. The molecule has 4 aromatic rings. The molecule has 63 heavy (non-hydrogen) atoms. The number of nitrogens with one attached hydrogen (secondary N) is 3. The Morgan fingerprint density at radius 1 is 0.698 bits per heavy atom. The van der Waals surface area contributed by atoms with Gasteiger partial charge in [-0.2, -0.15) is 0 Å². The van der Waals surface area contributed by atoms with Crippen molar-refractivity contribution in [1.82, 2.24) is 16.0 Å². The lowest BCUT2D eigenvalue weighted by Gasteiger charge is -2.35. The fourth-order valence-corrected chi connectivity index (χ4v) is 8.20. The fraction of sp³-hybridized carbons (Fsp3) is 0.490. The van der Waals surface area contributed by atoms with Gasteiger partial charge >= 0.3 is 6.09 Å². The van der Waals surface area contributed by atoms with E-state index in [-0.39, 0.29) is 31.5 Å². The fourth-order valence-electron chi connectivity index (χ4n) is 8.20. The van der Waals surface area contributed by atoms with Crippen LogP contribution in [-0.4, -0.2) is 86.5 Å². The van der Waals surface area contributed by atoms with E-state index in [1.54, 1.807) is 20.8 Å². The van der Waals surface area contributed by atoms with Crippen molar-refractivity contribution in [3.8, 4) is 0 Å². The summed E-state index contributed by atoms with van der Waals surface area (Å²) in [5, 5.41) is 31.1. The quantitative estimate of drug-likeness (QED) is 0.0675. The lowest BCUT2D eigenvalue weighted by molar-refractivity contribution is 0.0419. The van der Waals surface area contributed by atoms with Crippen molar-refractivity contribution in [2.45, 2.75) is 115 Å². The Labute approximate surface area is 370 Å². The molecule has 10 nitrogen and oxygen atoms in total. The van der Waals surface area contributed by atoms with Crippen molar-refractivity contribution in [2.75, 3.05) is 50.1 Å². The van der Waals surface area contributed by atoms with Gasteiger partial charge in [0.1, 0.15) is 28.9 Å². The van der Waals surface area contributed by atoms with Crippen molar-refractivity contribution >= 4 is 17.5 Å². The summed E-state index contributed by atoms with van der Waals surface area (Å²) in [5.74, 6) is -2.69. The minimum Gasteiger partial charge on any atom is -0.444 e. The van der Waals surface area contributed by atoms with E-state index in [0.29, 0.717) is 17.7 Å². The van der Waals surface area contributed by atoms with Crippen LogP contribution in [0, 0.1) is 23.3 Å². The minimum atomic E-state index is -1.02. The van der Waals surface area contributed by atoms with E-state index < -0.39 is 59.3 Å². The van der Waals surface area contributed by atoms with Crippen LogP contribution >= 0.6 is 0 Å². The molecule has 0 aromatic heterocycles. The number of ether oxygens (including phenoxy) is 1. The number of nitrogens with two attached hydrogens (primary N) is 1. The van der Waals surface area contributed by atoms with Crippen LogP contribution in [0.2, 0.25) is 0 Å². The maximum Gasteiger partial charge on any atom is 0.407 e. The third kappa shape index (κ3) is 14.4. The molecule has 2 aliphatic heterocycles. The number of aliphatic hydroxyl groups excluding tert-OH is 2. The van der Waals surface area contributed by atoms with Crippen LogP contribution in [0.1, 0.15) is 92.9 Å². The SMILES string of the molecule is CCc1ccc2c(c1)C(NC[C@@H](O)[C@@H](N)Cc1cc(F)cc(F)c1)CCN2C.CCc1ccc2c(c1)C(NC[C@@H](O)[C@H](Cc1cc(F)cc(F)c1)NC(=O)OC(C)(C)C)CCN2C. The Kier molecular flexibility index (Phi) is 17.4.